The van der Waals surface area contributed by atoms with Gasteiger partial charge < -0.3 is 14.4 Å². The van der Waals surface area contributed by atoms with Crippen molar-refractivity contribution in [2.24, 2.45) is 0 Å². The van der Waals surface area contributed by atoms with Crippen LogP contribution in [0.2, 0.25) is 0 Å². The Morgan fingerprint density at radius 3 is 2.28 bits per heavy atom. The number of amides is 1. The first-order chi connectivity index (χ1) is 8.60. The molecule has 2 atom stereocenters. The van der Waals surface area contributed by atoms with Gasteiger partial charge in [-0.25, -0.2) is 0 Å². The number of carbonyl (C=O) groups excluding carboxylic acids is 1. The third-order valence-corrected chi connectivity index (χ3v) is 3.04. The number of carbonyl (C=O) groups is 1. The van der Waals surface area contributed by atoms with Crippen LogP contribution in [0.4, 0.5) is 0 Å². The lowest BCUT2D eigenvalue weighted by Gasteiger charge is -2.35. The van der Waals surface area contributed by atoms with Crippen LogP contribution >= 0.6 is 0 Å². The van der Waals surface area contributed by atoms with E-state index < -0.39 is 0 Å². The fraction of sp³-hybridized carbons (Fsp3) is 0.500. The largest absolute Gasteiger partial charge is 0.497 e. The predicted molar refractivity (Wildman–Crippen MR) is 68.9 cm³/mol. The summed E-state index contributed by atoms with van der Waals surface area (Å²) in [6.45, 7) is 5.28. The predicted octanol–water partition coefficient (Wildman–Crippen LogP) is 1.94. The van der Waals surface area contributed by atoms with E-state index in [4.69, 9.17) is 9.47 Å². The van der Waals surface area contributed by atoms with Gasteiger partial charge in [-0.15, -0.1) is 0 Å². The van der Waals surface area contributed by atoms with Crippen molar-refractivity contribution in [1.82, 2.24) is 4.90 Å². The van der Waals surface area contributed by atoms with E-state index in [2.05, 4.69) is 0 Å². The first kappa shape index (κ1) is 12.9. The van der Waals surface area contributed by atoms with Gasteiger partial charge >= 0.3 is 0 Å². The minimum absolute atomic E-state index is 0.0552. The molecule has 0 unspecified atom stereocenters. The van der Waals surface area contributed by atoms with E-state index in [0.29, 0.717) is 18.7 Å². The van der Waals surface area contributed by atoms with Crippen molar-refractivity contribution in [3.05, 3.63) is 29.8 Å². The lowest BCUT2D eigenvalue weighted by Crippen LogP contribution is -2.48. The first-order valence-corrected chi connectivity index (χ1v) is 6.19. The van der Waals surface area contributed by atoms with E-state index in [1.165, 1.54) is 0 Å². The quantitative estimate of drug-likeness (QED) is 0.804. The average Bonchev–Trinajstić information content (AvgIpc) is 2.37. The molecule has 0 aliphatic carbocycles. The molecular formula is C14H19NO3. The lowest BCUT2D eigenvalue weighted by atomic mass is 10.1. The Hall–Kier alpha value is -1.55. The van der Waals surface area contributed by atoms with Crippen LogP contribution < -0.4 is 4.74 Å². The Bertz CT molecular complexity index is 406. The molecule has 0 aromatic heterocycles. The van der Waals surface area contributed by atoms with Crippen molar-refractivity contribution in [3.63, 3.8) is 0 Å². The molecule has 0 N–H and O–H groups in total. The molecule has 1 amide bonds. The molecule has 4 nitrogen and oxygen atoms in total. The summed E-state index contributed by atoms with van der Waals surface area (Å²) in [6.07, 6.45) is 0.187. The number of benzene rings is 1. The lowest BCUT2D eigenvalue weighted by molar-refractivity contribution is -0.0586. The van der Waals surface area contributed by atoms with Gasteiger partial charge in [-0.3, -0.25) is 4.79 Å². The molecule has 1 aliphatic rings. The van der Waals surface area contributed by atoms with Gasteiger partial charge in [-0.05, 0) is 38.1 Å². The SMILES string of the molecule is COc1ccc(C(=O)N2C[C@H](C)O[C@@H](C)C2)cc1. The molecule has 0 spiro atoms. The monoisotopic (exact) mass is 249 g/mol. The van der Waals surface area contributed by atoms with Crippen LogP contribution in [0.3, 0.4) is 0 Å². The van der Waals surface area contributed by atoms with E-state index in [1.54, 1.807) is 31.4 Å². The van der Waals surface area contributed by atoms with Crippen LogP contribution in [0.1, 0.15) is 24.2 Å². The molecule has 0 radical (unpaired) electrons. The molecule has 2 rings (SSSR count). The molecule has 98 valence electrons. The molecule has 1 fully saturated rings. The van der Waals surface area contributed by atoms with Crippen molar-refractivity contribution in [1.29, 1.82) is 0 Å². The maximum absolute atomic E-state index is 12.3. The Morgan fingerprint density at radius 2 is 1.78 bits per heavy atom. The summed E-state index contributed by atoms with van der Waals surface area (Å²) in [5, 5.41) is 0. The van der Waals surface area contributed by atoms with E-state index in [1.807, 2.05) is 18.7 Å². The van der Waals surface area contributed by atoms with Gasteiger partial charge in [-0.1, -0.05) is 0 Å². The number of nitrogens with zero attached hydrogens (tertiary/aromatic N) is 1. The highest BCUT2D eigenvalue weighted by molar-refractivity contribution is 5.94. The summed E-state index contributed by atoms with van der Waals surface area (Å²) in [5.41, 5.74) is 0.692. The summed E-state index contributed by atoms with van der Waals surface area (Å²) in [5.74, 6) is 0.815. The summed E-state index contributed by atoms with van der Waals surface area (Å²) < 4.78 is 10.7. The van der Waals surface area contributed by atoms with Gasteiger partial charge in [0.05, 0.1) is 19.3 Å². The maximum Gasteiger partial charge on any atom is 0.254 e. The minimum atomic E-state index is 0.0552. The summed E-state index contributed by atoms with van der Waals surface area (Å²) >= 11 is 0. The fourth-order valence-corrected chi connectivity index (χ4v) is 2.26. The maximum atomic E-state index is 12.3. The Kier molecular flexibility index (Phi) is 3.87. The molecule has 1 aromatic carbocycles. The number of methoxy groups -OCH3 is 1. The third-order valence-electron chi connectivity index (χ3n) is 3.04. The van der Waals surface area contributed by atoms with Crippen LogP contribution in [0, 0.1) is 0 Å². The van der Waals surface area contributed by atoms with Gasteiger partial charge in [0.1, 0.15) is 5.75 Å². The number of rotatable bonds is 2. The van der Waals surface area contributed by atoms with Crippen molar-refractivity contribution in [2.75, 3.05) is 20.2 Å². The summed E-state index contributed by atoms with van der Waals surface area (Å²) in [4.78, 5) is 14.2. The highest BCUT2D eigenvalue weighted by Crippen LogP contribution is 2.16. The van der Waals surface area contributed by atoms with Gasteiger partial charge in [-0.2, -0.15) is 0 Å². The van der Waals surface area contributed by atoms with Crippen molar-refractivity contribution >= 4 is 5.91 Å². The number of hydrogen-bond acceptors (Lipinski definition) is 3. The van der Waals surface area contributed by atoms with E-state index in [0.717, 1.165) is 5.75 Å². The smallest absolute Gasteiger partial charge is 0.254 e. The highest BCUT2D eigenvalue weighted by Gasteiger charge is 2.26. The van der Waals surface area contributed by atoms with Crippen molar-refractivity contribution in [2.45, 2.75) is 26.1 Å². The molecule has 18 heavy (non-hydrogen) atoms. The number of morpholine rings is 1. The number of hydrogen-bond donors (Lipinski definition) is 0. The van der Waals surface area contributed by atoms with E-state index in [9.17, 15) is 4.79 Å². The standard InChI is InChI=1S/C14H19NO3/c1-10-8-15(9-11(2)18-10)14(16)12-4-6-13(17-3)7-5-12/h4-7,10-11H,8-9H2,1-3H3/t10-,11-/m0/s1. The Labute approximate surface area is 107 Å². The van der Waals surface area contributed by atoms with Gasteiger partial charge in [0.15, 0.2) is 0 Å². The zero-order valence-corrected chi connectivity index (χ0v) is 11.1. The van der Waals surface area contributed by atoms with Crippen molar-refractivity contribution < 1.29 is 14.3 Å². The molecular weight excluding hydrogens is 230 g/mol. The van der Waals surface area contributed by atoms with Gasteiger partial charge in [0, 0.05) is 18.7 Å². The fourth-order valence-electron chi connectivity index (χ4n) is 2.26. The zero-order chi connectivity index (χ0) is 13.1. The van der Waals surface area contributed by atoms with Crippen LogP contribution in [0.25, 0.3) is 0 Å². The number of ether oxygens (including phenoxy) is 2. The van der Waals surface area contributed by atoms with Crippen LogP contribution in [-0.2, 0) is 4.74 Å². The van der Waals surface area contributed by atoms with Crippen LogP contribution in [0.5, 0.6) is 5.75 Å². The topological polar surface area (TPSA) is 38.8 Å². The van der Waals surface area contributed by atoms with Crippen LogP contribution in [-0.4, -0.2) is 43.2 Å². The van der Waals surface area contributed by atoms with Crippen molar-refractivity contribution in [3.8, 4) is 5.75 Å². The summed E-state index contributed by atoms with van der Waals surface area (Å²) in [6, 6.07) is 7.21. The molecule has 0 bridgehead atoms. The molecule has 1 heterocycles. The van der Waals surface area contributed by atoms with Gasteiger partial charge in [0.25, 0.3) is 5.91 Å². The highest BCUT2D eigenvalue weighted by atomic mass is 16.5. The Balaban J connectivity index is 2.09. The Morgan fingerprint density at radius 1 is 1.22 bits per heavy atom. The molecule has 4 heteroatoms. The second kappa shape index (κ2) is 5.40. The second-order valence-electron chi connectivity index (χ2n) is 4.70. The molecule has 1 aliphatic heterocycles. The van der Waals surface area contributed by atoms with Gasteiger partial charge in [0.2, 0.25) is 0 Å². The second-order valence-corrected chi connectivity index (χ2v) is 4.70. The van der Waals surface area contributed by atoms with E-state index >= 15 is 0 Å². The van der Waals surface area contributed by atoms with E-state index in [-0.39, 0.29) is 18.1 Å². The molecule has 0 saturated carbocycles. The minimum Gasteiger partial charge on any atom is -0.497 e. The first-order valence-electron chi connectivity index (χ1n) is 6.19. The third kappa shape index (κ3) is 2.82. The normalized spacial score (nSPS) is 23.8. The molecule has 1 aromatic rings. The van der Waals surface area contributed by atoms with Crippen LogP contribution in [0.15, 0.2) is 24.3 Å². The molecule has 1 saturated heterocycles. The zero-order valence-electron chi connectivity index (χ0n) is 11.1. The summed E-state index contributed by atoms with van der Waals surface area (Å²) in [7, 11) is 1.61. The average molecular weight is 249 g/mol.